The lowest BCUT2D eigenvalue weighted by Gasteiger charge is -2.29. The molecule has 3 amide bonds. The van der Waals surface area contributed by atoms with Gasteiger partial charge in [-0.1, -0.05) is 47.3 Å². The van der Waals surface area contributed by atoms with Gasteiger partial charge in [0, 0.05) is 60.5 Å². The molecule has 1 unspecified atom stereocenters. The molecule has 0 spiro atoms. The molecule has 0 saturated carbocycles. The number of halogens is 3. The van der Waals surface area contributed by atoms with Gasteiger partial charge in [-0.2, -0.15) is 12.7 Å². The summed E-state index contributed by atoms with van der Waals surface area (Å²) in [7, 11) is -2.46. The monoisotopic (exact) mass is 753 g/mol. The van der Waals surface area contributed by atoms with Crippen molar-refractivity contribution in [2.45, 2.75) is 38.0 Å². The van der Waals surface area contributed by atoms with E-state index in [2.05, 4.69) is 15.3 Å². The summed E-state index contributed by atoms with van der Waals surface area (Å²) in [6.07, 6.45) is 1.89. The zero-order chi connectivity index (χ0) is 37.9. The molecule has 12 nitrogen and oxygen atoms in total. The number of hydrogen-bond acceptors (Lipinski definition) is 7. The molecule has 2 aromatic heterocycles. The second-order valence-corrected chi connectivity index (χ2v) is 15.0. The van der Waals surface area contributed by atoms with E-state index in [1.54, 1.807) is 24.4 Å². The molecule has 0 aliphatic carbocycles. The number of H-pyrrole nitrogens is 1. The predicted molar refractivity (Wildman–Crippen MR) is 192 cm³/mol. The van der Waals surface area contributed by atoms with E-state index in [9.17, 15) is 32.0 Å². The Balaban J connectivity index is 1.02. The van der Waals surface area contributed by atoms with Crippen molar-refractivity contribution in [2.24, 2.45) is 0 Å². The average Bonchev–Trinajstić information content (AvgIpc) is 3.87. The number of imide groups is 1. The first kappa shape index (κ1) is 35.2. The number of benzene rings is 3. The lowest BCUT2D eigenvalue weighted by molar-refractivity contribution is -0.136. The van der Waals surface area contributed by atoms with Gasteiger partial charge in [-0.15, -0.1) is 0 Å². The highest BCUT2D eigenvalue weighted by molar-refractivity contribution is 7.90. The third-order valence-corrected chi connectivity index (χ3v) is 11.4. The van der Waals surface area contributed by atoms with Gasteiger partial charge in [0.1, 0.15) is 23.7 Å². The summed E-state index contributed by atoms with van der Waals surface area (Å²) < 4.78 is 72.7. The maximum absolute atomic E-state index is 15.7. The smallest absolute Gasteiger partial charge is 0.301 e. The summed E-state index contributed by atoms with van der Waals surface area (Å²) in [5.74, 6) is -4.77. The molecule has 3 N–H and O–H groups in total. The molecule has 5 heterocycles. The molecule has 54 heavy (non-hydrogen) atoms. The van der Waals surface area contributed by atoms with Crippen molar-refractivity contribution >= 4 is 68.6 Å². The molecule has 273 valence electrons. The molecular weight excluding hydrogens is 724 g/mol. The van der Waals surface area contributed by atoms with Crippen LogP contribution in [0.15, 0.2) is 73.1 Å². The minimum absolute atomic E-state index is 0.0111. The number of nitrogens with one attached hydrogen (secondary N) is 3. The molecule has 5 aromatic rings. The maximum atomic E-state index is 15.7. The first-order chi connectivity index (χ1) is 25.9. The highest BCUT2D eigenvalue weighted by atomic mass is 32.2. The van der Waals surface area contributed by atoms with Crippen molar-refractivity contribution in [2.75, 3.05) is 17.8 Å². The number of carbonyl (C=O) groups is 4. The number of carbonyl (C=O) groups excluding carboxylic acids is 4. The Morgan fingerprint density at radius 3 is 2.54 bits per heavy atom. The second kappa shape index (κ2) is 13.6. The zero-order valence-electron chi connectivity index (χ0n) is 28.2. The van der Waals surface area contributed by atoms with Crippen LogP contribution in [0.4, 0.5) is 18.9 Å². The van der Waals surface area contributed by atoms with Gasteiger partial charge in [0.25, 0.3) is 5.91 Å². The summed E-state index contributed by atoms with van der Waals surface area (Å²) in [6.45, 7) is -0.290. The molecule has 2 saturated heterocycles. The molecule has 2 fully saturated rings. The number of rotatable bonds is 9. The van der Waals surface area contributed by atoms with E-state index in [0.29, 0.717) is 16.7 Å². The molecule has 17 heteroatoms. The van der Waals surface area contributed by atoms with Crippen molar-refractivity contribution in [3.8, 4) is 11.1 Å². The van der Waals surface area contributed by atoms with Crippen LogP contribution >= 0.6 is 0 Å². The van der Waals surface area contributed by atoms with E-state index in [0.717, 1.165) is 32.9 Å². The molecule has 3 aliphatic heterocycles. The average molecular weight is 754 g/mol. The molecular formula is C37H29BF3N6O6S. The fourth-order valence-electron chi connectivity index (χ4n) is 7.13. The van der Waals surface area contributed by atoms with E-state index in [4.69, 9.17) is 0 Å². The molecule has 3 aromatic carbocycles. The molecule has 3 aliphatic rings. The van der Waals surface area contributed by atoms with Crippen LogP contribution in [0.1, 0.15) is 51.1 Å². The van der Waals surface area contributed by atoms with E-state index in [1.807, 2.05) is 42.3 Å². The number of nitrogens with zero attached hydrogens (tertiary/aromatic N) is 3. The Kier molecular flexibility index (Phi) is 8.85. The topological polar surface area (TPSA) is 162 Å². The normalized spacial score (nSPS) is 18.9. The second-order valence-electron chi connectivity index (χ2n) is 13.3. The van der Waals surface area contributed by atoms with E-state index < -0.39 is 63.5 Å². The van der Waals surface area contributed by atoms with E-state index in [1.165, 1.54) is 11.1 Å². The third kappa shape index (κ3) is 6.32. The summed E-state index contributed by atoms with van der Waals surface area (Å²) in [4.78, 5) is 59.8. The first-order valence-electron chi connectivity index (χ1n) is 17.0. The number of piperidine rings is 1. The van der Waals surface area contributed by atoms with Gasteiger partial charge >= 0.3 is 10.2 Å². The Hall–Kier alpha value is -5.81. The van der Waals surface area contributed by atoms with Gasteiger partial charge < -0.3 is 9.88 Å². The zero-order valence-corrected chi connectivity index (χ0v) is 29.1. The molecule has 0 bridgehead atoms. The number of aromatic nitrogens is 2. The quantitative estimate of drug-likeness (QED) is 0.119. The van der Waals surface area contributed by atoms with E-state index in [-0.39, 0.29) is 60.8 Å². The van der Waals surface area contributed by atoms with Crippen LogP contribution in [0.2, 0.25) is 0 Å². The standard InChI is InChI=1S/C37H29BF3N6O6S/c39-22-12-13-46(17-22)54(52,53)45-29-9-8-28(40)32(33(29)41)34(49)25-16-43-35-24(25)14-20(15-42-35)19-4-6-21(7-5-19)38-27-3-1-2-23-26(27)18-47(37(23)51)30-10-11-31(48)44-36(30)50/h1-9,14-16,22,30,45H,10-13,17-18H2,(H,42,43)(H,44,48,50)/t22-,30?/m1/s1. The van der Waals surface area contributed by atoms with Gasteiger partial charge in [0.05, 0.1) is 11.3 Å². The van der Waals surface area contributed by atoms with E-state index >= 15 is 8.78 Å². The lowest BCUT2D eigenvalue weighted by atomic mass is 9.62. The van der Waals surface area contributed by atoms with Gasteiger partial charge in [0.2, 0.25) is 17.6 Å². The fraction of sp³-hybridized carbons (Fsp3) is 0.216. The summed E-state index contributed by atoms with van der Waals surface area (Å²) in [5.41, 5.74) is 2.72. The third-order valence-electron chi connectivity index (χ3n) is 9.95. The maximum Gasteiger partial charge on any atom is 0.301 e. The Morgan fingerprint density at radius 2 is 1.80 bits per heavy atom. The van der Waals surface area contributed by atoms with Gasteiger partial charge in [-0.25, -0.2) is 18.2 Å². The number of alkyl halides is 1. The van der Waals surface area contributed by atoms with Crippen LogP contribution in [0.25, 0.3) is 22.2 Å². The molecule has 8 rings (SSSR count). The number of ketones is 1. The van der Waals surface area contributed by atoms with Crippen molar-refractivity contribution < 1.29 is 40.8 Å². The summed E-state index contributed by atoms with van der Waals surface area (Å²) >= 11 is 0. The van der Waals surface area contributed by atoms with Gasteiger partial charge in [0.15, 0.2) is 13.1 Å². The minimum Gasteiger partial charge on any atom is -0.345 e. The number of pyridine rings is 1. The van der Waals surface area contributed by atoms with Crippen molar-refractivity contribution in [1.29, 1.82) is 0 Å². The minimum atomic E-state index is -4.37. The summed E-state index contributed by atoms with van der Waals surface area (Å²) in [6, 6.07) is 15.3. The lowest BCUT2D eigenvalue weighted by Crippen LogP contribution is -2.52. The number of amides is 3. The number of anilines is 1. The van der Waals surface area contributed by atoms with Crippen LogP contribution in [0.5, 0.6) is 0 Å². The number of aromatic amines is 1. The van der Waals surface area contributed by atoms with Crippen molar-refractivity contribution in [3.05, 3.63) is 107 Å². The Labute approximate surface area is 307 Å². The van der Waals surface area contributed by atoms with Crippen LogP contribution in [-0.4, -0.2) is 83.7 Å². The molecule has 1 radical (unpaired) electrons. The van der Waals surface area contributed by atoms with Crippen LogP contribution in [0.3, 0.4) is 0 Å². The Morgan fingerprint density at radius 1 is 1.00 bits per heavy atom. The Bertz CT molecular complexity index is 2510. The van der Waals surface area contributed by atoms with Crippen LogP contribution in [-0.2, 0) is 26.3 Å². The van der Waals surface area contributed by atoms with Crippen LogP contribution in [0, 0.1) is 11.6 Å². The highest BCUT2D eigenvalue weighted by Crippen LogP contribution is 2.31. The van der Waals surface area contributed by atoms with Crippen molar-refractivity contribution in [1.82, 2.24) is 24.5 Å². The SMILES string of the molecule is O=C1CCC(N2Cc3c([B]c4ccc(-c5cnc6[nH]cc(C(=O)c7c(F)ccc(NS(=O)(=O)N8CC[C@@H](F)C8)c7F)c6c5)cc4)cccc3C2=O)C(=O)N1. The largest absolute Gasteiger partial charge is 0.345 e. The van der Waals surface area contributed by atoms with Crippen molar-refractivity contribution in [3.63, 3.8) is 0 Å². The fourth-order valence-corrected chi connectivity index (χ4v) is 8.40. The van der Waals surface area contributed by atoms with Crippen LogP contribution < -0.4 is 21.0 Å². The molecule has 2 atom stereocenters. The number of fused-ring (bicyclic) bond motifs is 2. The van der Waals surface area contributed by atoms with Gasteiger partial charge in [-0.3, -0.25) is 29.2 Å². The summed E-state index contributed by atoms with van der Waals surface area (Å²) in [5, 5.41) is 2.58. The van der Waals surface area contributed by atoms with Gasteiger partial charge in [-0.05, 0) is 48.2 Å². The first-order valence-corrected chi connectivity index (χ1v) is 18.5. The number of hydrogen-bond donors (Lipinski definition) is 3. The predicted octanol–water partition coefficient (Wildman–Crippen LogP) is 2.86. The highest BCUT2D eigenvalue weighted by Gasteiger charge is 2.40.